The Hall–Kier alpha value is -1.81. The zero-order chi connectivity index (χ0) is 16.5. The van der Waals surface area contributed by atoms with Crippen molar-refractivity contribution < 1.29 is 0 Å². The molecule has 1 heterocycles. The Balaban J connectivity index is 1.80. The first-order valence-electron chi connectivity index (χ1n) is 7.55. The van der Waals surface area contributed by atoms with Crippen LogP contribution in [0.3, 0.4) is 0 Å². The fraction of sp³-hybridized carbons (Fsp3) is 0.0500. The lowest BCUT2D eigenvalue weighted by Gasteiger charge is -2.08. The molecule has 4 aromatic rings. The molecular formula is C20H13ClOS2. The second-order valence-corrected chi connectivity index (χ2v) is 7.90. The lowest BCUT2D eigenvalue weighted by Crippen LogP contribution is -2.01. The van der Waals surface area contributed by atoms with E-state index in [-0.39, 0.29) is 5.43 Å². The summed E-state index contributed by atoms with van der Waals surface area (Å²) in [7, 11) is 0. The van der Waals surface area contributed by atoms with Gasteiger partial charge in [-0.05, 0) is 29.8 Å². The number of thioether (sulfide) groups is 1. The summed E-state index contributed by atoms with van der Waals surface area (Å²) >= 11 is 9.91. The Morgan fingerprint density at radius 2 is 1.62 bits per heavy atom. The Morgan fingerprint density at radius 1 is 0.875 bits per heavy atom. The molecule has 0 aliphatic heterocycles. The third kappa shape index (κ3) is 2.84. The van der Waals surface area contributed by atoms with Crippen LogP contribution in [0.25, 0.3) is 20.2 Å². The number of rotatable bonds is 3. The third-order valence-corrected chi connectivity index (χ3v) is 6.84. The van der Waals surface area contributed by atoms with Gasteiger partial charge in [0.05, 0.1) is 9.72 Å². The molecule has 4 rings (SSSR count). The first-order chi connectivity index (χ1) is 11.7. The second kappa shape index (κ2) is 6.60. The summed E-state index contributed by atoms with van der Waals surface area (Å²) < 4.78 is 1.85. The van der Waals surface area contributed by atoms with Crippen molar-refractivity contribution >= 4 is 54.9 Å². The molecule has 0 N–H and O–H groups in total. The van der Waals surface area contributed by atoms with Crippen LogP contribution in [0.5, 0.6) is 0 Å². The first-order valence-corrected chi connectivity index (χ1v) is 9.73. The van der Waals surface area contributed by atoms with Crippen LogP contribution in [0.1, 0.15) is 5.56 Å². The van der Waals surface area contributed by atoms with E-state index in [1.807, 2.05) is 54.6 Å². The molecule has 0 unspecified atom stereocenters. The van der Waals surface area contributed by atoms with Gasteiger partial charge < -0.3 is 0 Å². The first kappa shape index (κ1) is 15.7. The molecule has 0 saturated carbocycles. The lowest BCUT2D eigenvalue weighted by molar-refractivity contribution is 1.39. The smallest absolute Gasteiger partial charge is 0.195 e. The number of hydrogen-bond acceptors (Lipinski definition) is 3. The maximum absolute atomic E-state index is 12.7. The Bertz CT molecular complexity index is 1090. The van der Waals surface area contributed by atoms with E-state index in [0.29, 0.717) is 10.4 Å². The van der Waals surface area contributed by atoms with Gasteiger partial charge in [-0.15, -0.1) is 23.1 Å². The summed E-state index contributed by atoms with van der Waals surface area (Å²) in [6.07, 6.45) is 0. The fourth-order valence-corrected chi connectivity index (χ4v) is 5.19. The summed E-state index contributed by atoms with van der Waals surface area (Å²) in [5, 5.41) is 2.14. The SMILES string of the molecule is O=c1c2ccccc2sc2c(Cl)c(SCc3ccccc3)ccc12. The summed E-state index contributed by atoms with van der Waals surface area (Å²) in [6, 6.07) is 21.9. The molecule has 0 spiro atoms. The molecule has 0 fully saturated rings. The summed E-state index contributed by atoms with van der Waals surface area (Å²) in [4.78, 5) is 13.7. The zero-order valence-corrected chi connectivity index (χ0v) is 15.0. The van der Waals surface area contributed by atoms with Crippen molar-refractivity contribution in [2.24, 2.45) is 0 Å². The van der Waals surface area contributed by atoms with Crippen molar-refractivity contribution in [1.29, 1.82) is 0 Å². The number of hydrogen-bond donors (Lipinski definition) is 0. The van der Waals surface area contributed by atoms with E-state index in [0.717, 1.165) is 25.4 Å². The fourth-order valence-electron chi connectivity index (χ4n) is 2.66. The zero-order valence-electron chi connectivity index (χ0n) is 12.7. The van der Waals surface area contributed by atoms with Crippen molar-refractivity contribution in [3.05, 3.63) is 87.5 Å². The highest BCUT2D eigenvalue weighted by atomic mass is 35.5. The van der Waals surface area contributed by atoms with Gasteiger partial charge in [-0.2, -0.15) is 0 Å². The van der Waals surface area contributed by atoms with E-state index >= 15 is 0 Å². The van der Waals surface area contributed by atoms with Gasteiger partial charge in [-0.25, -0.2) is 0 Å². The quantitative estimate of drug-likeness (QED) is 0.309. The molecule has 3 aromatic carbocycles. The van der Waals surface area contributed by atoms with Gasteiger partial charge in [0.25, 0.3) is 0 Å². The molecule has 4 heteroatoms. The molecule has 0 saturated heterocycles. The highest BCUT2D eigenvalue weighted by Crippen LogP contribution is 2.38. The normalized spacial score (nSPS) is 11.2. The Morgan fingerprint density at radius 3 is 2.46 bits per heavy atom. The standard InChI is InChI=1S/C20H13ClOS2/c21-18-17(23-12-13-6-2-1-3-7-13)11-10-15-19(22)14-8-4-5-9-16(14)24-20(15)18/h1-11H,12H2. The average molecular weight is 369 g/mol. The maximum atomic E-state index is 12.7. The molecule has 1 aromatic heterocycles. The maximum Gasteiger partial charge on any atom is 0.195 e. The molecule has 0 bridgehead atoms. The van der Waals surface area contributed by atoms with Crippen molar-refractivity contribution in [3.63, 3.8) is 0 Å². The highest BCUT2D eigenvalue weighted by Gasteiger charge is 2.12. The molecule has 0 radical (unpaired) electrons. The van der Waals surface area contributed by atoms with E-state index in [1.54, 1.807) is 23.1 Å². The van der Waals surface area contributed by atoms with E-state index in [4.69, 9.17) is 11.6 Å². The minimum atomic E-state index is 0.0564. The van der Waals surface area contributed by atoms with Gasteiger partial charge in [0.1, 0.15) is 0 Å². The van der Waals surface area contributed by atoms with Crippen LogP contribution in [-0.2, 0) is 5.75 Å². The van der Waals surface area contributed by atoms with Gasteiger partial charge in [0, 0.05) is 26.1 Å². The van der Waals surface area contributed by atoms with Crippen LogP contribution >= 0.6 is 34.7 Å². The average Bonchev–Trinajstić information content (AvgIpc) is 2.63. The monoisotopic (exact) mass is 368 g/mol. The van der Waals surface area contributed by atoms with Crippen LogP contribution in [0.4, 0.5) is 0 Å². The molecule has 0 aliphatic carbocycles. The van der Waals surface area contributed by atoms with Gasteiger partial charge in [0.2, 0.25) is 0 Å². The summed E-state index contributed by atoms with van der Waals surface area (Å²) in [5.74, 6) is 0.856. The van der Waals surface area contributed by atoms with Crippen molar-refractivity contribution in [1.82, 2.24) is 0 Å². The van der Waals surface area contributed by atoms with E-state index in [2.05, 4.69) is 12.1 Å². The van der Waals surface area contributed by atoms with Crippen LogP contribution < -0.4 is 5.43 Å². The molecule has 0 atom stereocenters. The number of halogens is 1. The summed E-state index contributed by atoms with van der Waals surface area (Å²) in [6.45, 7) is 0. The second-order valence-electron chi connectivity index (χ2n) is 5.46. The molecule has 24 heavy (non-hydrogen) atoms. The third-order valence-electron chi connectivity index (χ3n) is 3.89. The molecule has 118 valence electrons. The van der Waals surface area contributed by atoms with Gasteiger partial charge in [-0.1, -0.05) is 54.1 Å². The highest BCUT2D eigenvalue weighted by molar-refractivity contribution is 7.98. The van der Waals surface area contributed by atoms with Gasteiger partial charge in [0.15, 0.2) is 5.43 Å². The Kier molecular flexibility index (Phi) is 4.31. The lowest BCUT2D eigenvalue weighted by atomic mass is 10.2. The van der Waals surface area contributed by atoms with E-state index in [1.165, 1.54) is 5.56 Å². The summed E-state index contributed by atoms with van der Waals surface area (Å²) in [5.41, 5.74) is 1.31. The minimum absolute atomic E-state index is 0.0564. The van der Waals surface area contributed by atoms with Crippen LogP contribution in [0.2, 0.25) is 5.02 Å². The molecule has 0 aliphatic rings. The van der Waals surface area contributed by atoms with E-state index in [9.17, 15) is 4.79 Å². The molecule has 1 nitrogen and oxygen atoms in total. The van der Waals surface area contributed by atoms with Gasteiger partial charge in [-0.3, -0.25) is 4.79 Å². The van der Waals surface area contributed by atoms with Crippen molar-refractivity contribution in [2.45, 2.75) is 10.6 Å². The minimum Gasteiger partial charge on any atom is -0.289 e. The van der Waals surface area contributed by atoms with Crippen LogP contribution in [0.15, 0.2) is 76.4 Å². The van der Waals surface area contributed by atoms with Gasteiger partial charge >= 0.3 is 0 Å². The largest absolute Gasteiger partial charge is 0.289 e. The number of benzene rings is 3. The topological polar surface area (TPSA) is 17.1 Å². The number of fused-ring (bicyclic) bond motifs is 2. The van der Waals surface area contributed by atoms with Crippen LogP contribution in [0, 0.1) is 0 Å². The molecule has 0 amide bonds. The Labute approximate surface area is 152 Å². The van der Waals surface area contributed by atoms with Crippen molar-refractivity contribution in [2.75, 3.05) is 0 Å². The molecular weight excluding hydrogens is 356 g/mol. The van der Waals surface area contributed by atoms with Crippen molar-refractivity contribution in [3.8, 4) is 0 Å². The van der Waals surface area contributed by atoms with Crippen LogP contribution in [-0.4, -0.2) is 0 Å². The predicted octanol–water partition coefficient (Wildman–Crippen LogP) is 6.36. The van der Waals surface area contributed by atoms with E-state index < -0.39 is 0 Å². The predicted molar refractivity (Wildman–Crippen MR) is 107 cm³/mol.